The van der Waals surface area contributed by atoms with Crippen molar-refractivity contribution in [1.29, 1.82) is 5.26 Å². The maximum Gasteiger partial charge on any atom is 0.416 e. The van der Waals surface area contributed by atoms with E-state index in [1.165, 1.54) is 30.3 Å². The minimum atomic E-state index is -4.56. The Bertz CT molecular complexity index is 1260. The van der Waals surface area contributed by atoms with Crippen molar-refractivity contribution in [2.24, 2.45) is 0 Å². The maximum absolute atomic E-state index is 13.5. The number of anilines is 1. The zero-order valence-corrected chi connectivity index (χ0v) is 18.1. The summed E-state index contributed by atoms with van der Waals surface area (Å²) in [5, 5.41) is 11.8. The van der Waals surface area contributed by atoms with Gasteiger partial charge in [0.25, 0.3) is 5.91 Å². The maximum atomic E-state index is 13.5. The average molecular weight is 468 g/mol. The summed E-state index contributed by atoms with van der Waals surface area (Å²) in [6.45, 7) is 2.17. The predicted molar refractivity (Wildman–Crippen MR) is 120 cm³/mol. The van der Waals surface area contributed by atoms with Gasteiger partial charge in [-0.3, -0.25) is 4.79 Å². The van der Waals surface area contributed by atoms with Crippen LogP contribution in [0.5, 0.6) is 5.75 Å². The van der Waals surface area contributed by atoms with E-state index in [0.717, 1.165) is 23.3 Å². The van der Waals surface area contributed by atoms with E-state index in [1.54, 1.807) is 43.3 Å². The van der Waals surface area contributed by atoms with Gasteiger partial charge in [0.15, 0.2) is 0 Å². The number of amides is 1. The van der Waals surface area contributed by atoms with Gasteiger partial charge in [-0.2, -0.15) is 18.4 Å². The molecule has 0 aromatic heterocycles. The molecule has 1 N–H and O–H groups in total. The van der Waals surface area contributed by atoms with Crippen LogP contribution in [0.2, 0.25) is 0 Å². The van der Waals surface area contributed by atoms with Crippen molar-refractivity contribution in [3.8, 4) is 11.8 Å². The van der Waals surface area contributed by atoms with Crippen LogP contribution >= 0.6 is 0 Å². The first-order chi connectivity index (χ1) is 16.2. The number of benzene rings is 3. The van der Waals surface area contributed by atoms with Crippen molar-refractivity contribution in [3.05, 3.63) is 100 Å². The number of alkyl halides is 3. The van der Waals surface area contributed by atoms with Crippen LogP contribution < -0.4 is 10.1 Å². The summed E-state index contributed by atoms with van der Waals surface area (Å²) in [4.78, 5) is 12.5. The summed E-state index contributed by atoms with van der Waals surface area (Å²) in [5.41, 5.74) is 0.739. The molecule has 0 aliphatic rings. The number of nitriles is 1. The van der Waals surface area contributed by atoms with E-state index >= 15 is 0 Å². The number of carbonyl (C=O) groups is 1. The van der Waals surface area contributed by atoms with E-state index in [4.69, 9.17) is 4.74 Å². The molecule has 0 unspecified atom stereocenters. The first-order valence-electron chi connectivity index (χ1n) is 10.3. The Labute approximate surface area is 194 Å². The van der Waals surface area contributed by atoms with Gasteiger partial charge in [-0.05, 0) is 66.1 Å². The van der Waals surface area contributed by atoms with Crippen LogP contribution in [0.1, 0.15) is 29.2 Å². The lowest BCUT2D eigenvalue weighted by atomic mass is 10.0. The second-order valence-electron chi connectivity index (χ2n) is 7.31. The Morgan fingerprint density at radius 3 is 2.53 bits per heavy atom. The molecule has 0 fully saturated rings. The SMILES string of the molecule is CCOc1cc(/C=C(\C#N)C(=O)Nc2cccc(C(F)(F)F)c2)ccc1Cc1cccc(F)c1. The molecule has 0 aliphatic carbocycles. The lowest BCUT2D eigenvalue weighted by Gasteiger charge is -2.12. The van der Waals surface area contributed by atoms with Gasteiger partial charge < -0.3 is 10.1 Å². The number of halogens is 4. The van der Waals surface area contributed by atoms with Crippen molar-refractivity contribution in [1.82, 2.24) is 0 Å². The fourth-order valence-corrected chi connectivity index (χ4v) is 3.25. The van der Waals surface area contributed by atoms with E-state index in [2.05, 4.69) is 5.32 Å². The Balaban J connectivity index is 1.84. The third kappa shape index (κ3) is 6.45. The highest BCUT2D eigenvalue weighted by Gasteiger charge is 2.30. The van der Waals surface area contributed by atoms with Gasteiger partial charge in [0, 0.05) is 12.1 Å². The molecule has 3 rings (SSSR count). The number of nitrogens with zero attached hydrogens (tertiary/aromatic N) is 1. The van der Waals surface area contributed by atoms with Crippen molar-refractivity contribution >= 4 is 17.7 Å². The summed E-state index contributed by atoms with van der Waals surface area (Å²) in [5.74, 6) is -0.680. The second kappa shape index (κ2) is 10.7. The van der Waals surface area contributed by atoms with Gasteiger partial charge >= 0.3 is 6.18 Å². The van der Waals surface area contributed by atoms with E-state index in [9.17, 15) is 27.6 Å². The fraction of sp³-hybridized carbons (Fsp3) is 0.154. The molecular formula is C26H20F4N2O2. The van der Waals surface area contributed by atoms with Crippen LogP contribution in [0.3, 0.4) is 0 Å². The first kappa shape index (κ1) is 24.5. The van der Waals surface area contributed by atoms with Gasteiger partial charge in [-0.25, -0.2) is 4.39 Å². The lowest BCUT2D eigenvalue weighted by Crippen LogP contribution is -2.14. The van der Waals surface area contributed by atoms with Crippen molar-refractivity contribution in [3.63, 3.8) is 0 Å². The highest BCUT2D eigenvalue weighted by atomic mass is 19.4. The Kier molecular flexibility index (Phi) is 7.69. The number of rotatable bonds is 7. The molecule has 0 saturated carbocycles. The number of ether oxygens (including phenoxy) is 1. The zero-order chi connectivity index (χ0) is 24.7. The third-order valence-corrected chi connectivity index (χ3v) is 4.80. The van der Waals surface area contributed by atoms with E-state index < -0.39 is 17.6 Å². The molecule has 3 aromatic rings. The molecule has 0 aliphatic heterocycles. The molecular weight excluding hydrogens is 448 g/mol. The standard InChI is InChI=1S/C26H20F4N2O2/c1-2-34-24-14-18(9-10-19(24)11-17-5-3-7-22(27)13-17)12-20(16-31)25(33)32-23-8-4-6-21(15-23)26(28,29)30/h3-10,12-15H,2,11H2,1H3,(H,32,33)/b20-12+. The van der Waals surface area contributed by atoms with Crippen LogP contribution in [0.15, 0.2) is 72.3 Å². The minimum Gasteiger partial charge on any atom is -0.494 e. The molecule has 174 valence electrons. The number of hydrogen-bond acceptors (Lipinski definition) is 3. The molecule has 0 saturated heterocycles. The molecule has 0 atom stereocenters. The van der Waals surface area contributed by atoms with Crippen LogP contribution in [-0.2, 0) is 17.4 Å². The summed E-state index contributed by atoms with van der Waals surface area (Å²) in [7, 11) is 0. The lowest BCUT2D eigenvalue weighted by molar-refractivity contribution is -0.137. The highest BCUT2D eigenvalue weighted by Crippen LogP contribution is 2.31. The van der Waals surface area contributed by atoms with Crippen LogP contribution in [0.4, 0.5) is 23.2 Å². The predicted octanol–water partition coefficient (Wildman–Crippen LogP) is 6.38. The topological polar surface area (TPSA) is 62.1 Å². The largest absolute Gasteiger partial charge is 0.494 e. The molecule has 0 spiro atoms. The van der Waals surface area contributed by atoms with Gasteiger partial charge in [0.05, 0.1) is 12.2 Å². The molecule has 0 bridgehead atoms. The second-order valence-corrected chi connectivity index (χ2v) is 7.31. The Morgan fingerprint density at radius 2 is 1.85 bits per heavy atom. The molecule has 34 heavy (non-hydrogen) atoms. The van der Waals surface area contributed by atoms with E-state index in [1.807, 2.05) is 0 Å². The zero-order valence-electron chi connectivity index (χ0n) is 18.1. The molecule has 0 heterocycles. The molecule has 0 radical (unpaired) electrons. The van der Waals surface area contributed by atoms with Crippen LogP contribution in [0, 0.1) is 17.1 Å². The van der Waals surface area contributed by atoms with Gasteiger partial charge in [-0.1, -0.05) is 30.3 Å². The van der Waals surface area contributed by atoms with Crippen LogP contribution in [0.25, 0.3) is 6.08 Å². The molecule has 3 aromatic carbocycles. The molecule has 1 amide bonds. The van der Waals surface area contributed by atoms with Gasteiger partial charge in [0.1, 0.15) is 23.2 Å². The molecule has 8 heteroatoms. The van der Waals surface area contributed by atoms with E-state index in [0.29, 0.717) is 24.3 Å². The minimum absolute atomic E-state index is 0.0820. The summed E-state index contributed by atoms with van der Waals surface area (Å²) < 4.78 is 57.9. The Hall–Kier alpha value is -4.12. The third-order valence-electron chi connectivity index (χ3n) is 4.80. The van der Waals surface area contributed by atoms with Crippen molar-refractivity contribution < 1.29 is 27.1 Å². The van der Waals surface area contributed by atoms with Crippen LogP contribution in [-0.4, -0.2) is 12.5 Å². The summed E-state index contributed by atoms with van der Waals surface area (Å²) in [6.07, 6.45) is -2.83. The first-order valence-corrected chi connectivity index (χ1v) is 10.3. The summed E-state index contributed by atoms with van der Waals surface area (Å²) >= 11 is 0. The average Bonchev–Trinajstić information content (AvgIpc) is 2.79. The van der Waals surface area contributed by atoms with Crippen molar-refractivity contribution in [2.45, 2.75) is 19.5 Å². The van der Waals surface area contributed by atoms with Gasteiger partial charge in [-0.15, -0.1) is 0 Å². The Morgan fingerprint density at radius 1 is 1.09 bits per heavy atom. The summed E-state index contributed by atoms with van der Waals surface area (Å²) in [6, 6.07) is 17.2. The quantitative estimate of drug-likeness (QED) is 0.249. The highest BCUT2D eigenvalue weighted by molar-refractivity contribution is 6.09. The smallest absolute Gasteiger partial charge is 0.416 e. The number of nitrogens with one attached hydrogen (secondary N) is 1. The normalized spacial score (nSPS) is 11.6. The fourth-order valence-electron chi connectivity index (χ4n) is 3.25. The van der Waals surface area contributed by atoms with Gasteiger partial charge in [0.2, 0.25) is 0 Å². The van der Waals surface area contributed by atoms with E-state index in [-0.39, 0.29) is 17.1 Å². The molecule has 4 nitrogen and oxygen atoms in total. The monoisotopic (exact) mass is 468 g/mol. The number of hydrogen-bond donors (Lipinski definition) is 1. The van der Waals surface area contributed by atoms with Crippen molar-refractivity contribution in [2.75, 3.05) is 11.9 Å². The number of carbonyl (C=O) groups excluding carboxylic acids is 1.